The SMILES string of the molecule is O=S(=O)(NCc1ccc(Br)cc1)c1c[nH]c(CO)c1. The summed E-state index contributed by atoms with van der Waals surface area (Å²) >= 11 is 3.32. The highest BCUT2D eigenvalue weighted by Crippen LogP contribution is 2.13. The molecule has 0 radical (unpaired) electrons. The summed E-state index contributed by atoms with van der Waals surface area (Å²) in [6.45, 7) is -0.00250. The van der Waals surface area contributed by atoms with Gasteiger partial charge >= 0.3 is 0 Å². The summed E-state index contributed by atoms with van der Waals surface area (Å²) in [4.78, 5) is 2.81. The van der Waals surface area contributed by atoms with E-state index in [0.29, 0.717) is 5.69 Å². The Kier molecular flexibility index (Phi) is 4.41. The quantitative estimate of drug-likeness (QED) is 0.772. The van der Waals surface area contributed by atoms with Crippen molar-refractivity contribution in [3.8, 4) is 0 Å². The zero-order chi connectivity index (χ0) is 13.9. The number of hydrogen-bond donors (Lipinski definition) is 3. The Balaban J connectivity index is 2.07. The Labute approximate surface area is 119 Å². The fraction of sp³-hybridized carbons (Fsp3) is 0.167. The minimum atomic E-state index is -3.56. The maximum Gasteiger partial charge on any atom is 0.242 e. The molecule has 2 aromatic rings. The lowest BCUT2D eigenvalue weighted by molar-refractivity contribution is 0.277. The van der Waals surface area contributed by atoms with Gasteiger partial charge in [-0.25, -0.2) is 13.1 Å². The molecule has 0 fully saturated rings. The van der Waals surface area contributed by atoms with Crippen LogP contribution in [-0.4, -0.2) is 18.5 Å². The number of rotatable bonds is 5. The molecule has 0 bridgehead atoms. The maximum atomic E-state index is 12.0. The average Bonchev–Trinajstić information content (AvgIpc) is 2.88. The molecule has 0 aliphatic carbocycles. The van der Waals surface area contributed by atoms with Gasteiger partial charge in [0, 0.05) is 22.9 Å². The van der Waals surface area contributed by atoms with E-state index in [4.69, 9.17) is 5.11 Å². The molecule has 2 rings (SSSR count). The predicted octanol–water partition coefficient (Wildman–Crippen LogP) is 1.75. The third kappa shape index (κ3) is 3.66. The minimum absolute atomic E-state index is 0.119. The summed E-state index contributed by atoms with van der Waals surface area (Å²) in [6, 6.07) is 8.78. The number of benzene rings is 1. The molecule has 0 aliphatic rings. The molecule has 102 valence electrons. The number of aliphatic hydroxyl groups is 1. The lowest BCUT2D eigenvalue weighted by Gasteiger charge is -2.05. The highest BCUT2D eigenvalue weighted by molar-refractivity contribution is 9.10. The van der Waals surface area contributed by atoms with Gasteiger partial charge < -0.3 is 10.1 Å². The summed E-state index contributed by atoms with van der Waals surface area (Å²) in [7, 11) is -3.56. The number of nitrogens with one attached hydrogen (secondary N) is 2. The van der Waals surface area contributed by atoms with Crippen molar-refractivity contribution >= 4 is 26.0 Å². The van der Waals surface area contributed by atoms with Crippen molar-refractivity contribution in [2.75, 3.05) is 0 Å². The summed E-state index contributed by atoms with van der Waals surface area (Å²) in [5, 5.41) is 8.90. The van der Waals surface area contributed by atoms with Crippen LogP contribution >= 0.6 is 15.9 Å². The molecule has 3 N–H and O–H groups in total. The van der Waals surface area contributed by atoms with Crippen molar-refractivity contribution in [2.45, 2.75) is 18.0 Å². The van der Waals surface area contributed by atoms with Crippen molar-refractivity contribution in [3.63, 3.8) is 0 Å². The van der Waals surface area contributed by atoms with E-state index in [0.717, 1.165) is 10.0 Å². The molecule has 7 heteroatoms. The van der Waals surface area contributed by atoms with Crippen LogP contribution in [0.1, 0.15) is 11.3 Å². The first-order valence-corrected chi connectivity index (χ1v) is 7.81. The molecule has 0 atom stereocenters. The van der Waals surface area contributed by atoms with Crippen molar-refractivity contribution < 1.29 is 13.5 Å². The topological polar surface area (TPSA) is 82.2 Å². The number of aromatic amines is 1. The standard InChI is InChI=1S/C12H13BrN2O3S/c13-10-3-1-9(2-4-10)6-15-19(17,18)12-5-11(8-16)14-7-12/h1-5,7,14-16H,6,8H2. The van der Waals surface area contributed by atoms with E-state index in [2.05, 4.69) is 25.6 Å². The molecular weight excluding hydrogens is 332 g/mol. The summed E-state index contributed by atoms with van der Waals surface area (Å²) in [6.07, 6.45) is 1.36. The Morgan fingerprint density at radius 1 is 1.26 bits per heavy atom. The number of hydrogen-bond acceptors (Lipinski definition) is 3. The maximum absolute atomic E-state index is 12.0. The van der Waals surface area contributed by atoms with Crippen LogP contribution in [0.3, 0.4) is 0 Å². The average molecular weight is 345 g/mol. The number of aliphatic hydroxyl groups excluding tert-OH is 1. The van der Waals surface area contributed by atoms with Gasteiger partial charge in [-0.3, -0.25) is 0 Å². The van der Waals surface area contributed by atoms with Gasteiger partial charge in [-0.05, 0) is 23.8 Å². The van der Waals surface area contributed by atoms with Crippen LogP contribution in [0.5, 0.6) is 0 Å². The van der Waals surface area contributed by atoms with Crippen LogP contribution in [0.4, 0.5) is 0 Å². The lowest BCUT2D eigenvalue weighted by Crippen LogP contribution is -2.22. The Bertz CT molecular complexity index is 650. The monoisotopic (exact) mass is 344 g/mol. The van der Waals surface area contributed by atoms with Crippen LogP contribution in [0.2, 0.25) is 0 Å². The van der Waals surface area contributed by atoms with Crippen LogP contribution in [0.15, 0.2) is 45.9 Å². The van der Waals surface area contributed by atoms with E-state index >= 15 is 0 Å². The zero-order valence-electron chi connectivity index (χ0n) is 9.93. The largest absolute Gasteiger partial charge is 0.390 e. The second-order valence-electron chi connectivity index (χ2n) is 3.97. The Morgan fingerprint density at radius 2 is 1.95 bits per heavy atom. The molecule has 0 saturated heterocycles. The van der Waals surface area contributed by atoms with E-state index in [-0.39, 0.29) is 18.0 Å². The van der Waals surface area contributed by atoms with Gasteiger partial charge in [0.25, 0.3) is 0 Å². The van der Waals surface area contributed by atoms with Gasteiger partial charge in [-0.15, -0.1) is 0 Å². The van der Waals surface area contributed by atoms with Gasteiger partial charge in [-0.2, -0.15) is 0 Å². The first-order valence-electron chi connectivity index (χ1n) is 5.53. The molecule has 1 aromatic carbocycles. The van der Waals surface area contributed by atoms with E-state index in [1.807, 2.05) is 24.3 Å². The van der Waals surface area contributed by atoms with Crippen LogP contribution in [-0.2, 0) is 23.2 Å². The minimum Gasteiger partial charge on any atom is -0.390 e. The van der Waals surface area contributed by atoms with E-state index in [1.54, 1.807) is 0 Å². The van der Waals surface area contributed by atoms with E-state index in [9.17, 15) is 8.42 Å². The molecule has 0 spiro atoms. The molecular formula is C12H13BrN2O3S. The molecule has 19 heavy (non-hydrogen) atoms. The van der Waals surface area contributed by atoms with Crippen LogP contribution in [0, 0.1) is 0 Å². The summed E-state index contributed by atoms with van der Waals surface area (Å²) < 4.78 is 27.4. The normalized spacial score (nSPS) is 11.7. The Morgan fingerprint density at radius 3 is 2.53 bits per heavy atom. The van der Waals surface area contributed by atoms with Crippen molar-refractivity contribution in [1.29, 1.82) is 0 Å². The number of halogens is 1. The number of H-pyrrole nitrogens is 1. The van der Waals surface area contributed by atoms with E-state index < -0.39 is 10.0 Å². The van der Waals surface area contributed by atoms with Crippen LogP contribution < -0.4 is 4.72 Å². The van der Waals surface area contributed by atoms with Gasteiger partial charge in [0.2, 0.25) is 10.0 Å². The predicted molar refractivity (Wildman–Crippen MR) is 74.9 cm³/mol. The summed E-state index contributed by atoms with van der Waals surface area (Å²) in [5.41, 5.74) is 1.33. The van der Waals surface area contributed by atoms with Crippen molar-refractivity contribution in [3.05, 3.63) is 52.3 Å². The van der Waals surface area contributed by atoms with Gasteiger partial charge in [0.1, 0.15) is 0 Å². The number of aromatic nitrogens is 1. The lowest BCUT2D eigenvalue weighted by atomic mass is 10.2. The molecule has 0 unspecified atom stereocenters. The molecule has 1 heterocycles. The van der Waals surface area contributed by atoms with Gasteiger partial charge in [-0.1, -0.05) is 28.1 Å². The molecule has 0 saturated carbocycles. The van der Waals surface area contributed by atoms with Crippen molar-refractivity contribution in [2.24, 2.45) is 0 Å². The second-order valence-corrected chi connectivity index (χ2v) is 6.65. The Hall–Kier alpha value is -1.15. The third-order valence-corrected chi connectivity index (χ3v) is 4.49. The zero-order valence-corrected chi connectivity index (χ0v) is 12.3. The fourth-order valence-electron chi connectivity index (χ4n) is 1.53. The van der Waals surface area contributed by atoms with Crippen LogP contribution in [0.25, 0.3) is 0 Å². The first kappa shape index (κ1) is 14.3. The third-order valence-electron chi connectivity index (χ3n) is 2.58. The summed E-state index contributed by atoms with van der Waals surface area (Å²) in [5.74, 6) is 0. The highest BCUT2D eigenvalue weighted by atomic mass is 79.9. The molecule has 5 nitrogen and oxygen atoms in total. The number of sulfonamides is 1. The first-order chi connectivity index (χ1) is 9.01. The molecule has 0 aliphatic heterocycles. The molecule has 1 aromatic heterocycles. The van der Waals surface area contributed by atoms with E-state index in [1.165, 1.54) is 12.3 Å². The van der Waals surface area contributed by atoms with Gasteiger partial charge in [0.05, 0.1) is 11.5 Å². The second kappa shape index (κ2) is 5.87. The van der Waals surface area contributed by atoms with Gasteiger partial charge in [0.15, 0.2) is 0 Å². The fourth-order valence-corrected chi connectivity index (χ4v) is 2.83. The van der Waals surface area contributed by atoms with Crippen molar-refractivity contribution in [1.82, 2.24) is 9.71 Å². The highest BCUT2D eigenvalue weighted by Gasteiger charge is 2.15. The smallest absolute Gasteiger partial charge is 0.242 e. The molecule has 0 amide bonds.